The van der Waals surface area contributed by atoms with Gasteiger partial charge in [0.2, 0.25) is 0 Å². The average molecular weight is 270 g/mol. The zero-order valence-corrected chi connectivity index (χ0v) is 11.1. The molecule has 1 aliphatic rings. The second kappa shape index (κ2) is 6.58. The van der Waals surface area contributed by atoms with Crippen molar-refractivity contribution in [2.75, 3.05) is 23.3 Å². The zero-order valence-electron chi connectivity index (χ0n) is 11.1. The van der Waals surface area contributed by atoms with Gasteiger partial charge in [0.1, 0.15) is 23.5 Å². The topological polar surface area (TPSA) is 62.9 Å². The molecule has 0 radical (unpaired) electrons. The van der Waals surface area contributed by atoms with Crippen LogP contribution in [0.5, 0.6) is 0 Å². The highest BCUT2D eigenvalue weighted by Gasteiger charge is 2.18. The van der Waals surface area contributed by atoms with Crippen molar-refractivity contribution in [2.45, 2.75) is 19.3 Å². The lowest BCUT2D eigenvalue weighted by atomic mass is 10.1. The smallest absolute Gasteiger partial charge is 0.148 e. The monoisotopic (exact) mass is 270 g/mol. The van der Waals surface area contributed by atoms with Crippen molar-refractivity contribution in [1.82, 2.24) is 0 Å². The number of benzene rings is 1. The second-order valence-corrected chi connectivity index (χ2v) is 4.61. The van der Waals surface area contributed by atoms with Crippen LogP contribution in [0.15, 0.2) is 30.0 Å². The quantitative estimate of drug-likeness (QED) is 0.857. The molecule has 1 fully saturated rings. The maximum Gasteiger partial charge on any atom is 0.148 e. The third kappa shape index (κ3) is 3.07. The van der Waals surface area contributed by atoms with Crippen LogP contribution in [0.3, 0.4) is 0 Å². The largest absolute Gasteiger partial charge is 0.367 e. The summed E-state index contributed by atoms with van der Waals surface area (Å²) in [6, 6.07) is 8.31. The first-order chi connectivity index (χ1) is 9.76. The van der Waals surface area contributed by atoms with E-state index in [2.05, 4.69) is 5.32 Å². The molecule has 1 heterocycles. The summed E-state index contributed by atoms with van der Waals surface area (Å²) in [5, 5.41) is 20.3. The summed E-state index contributed by atoms with van der Waals surface area (Å²) in [5.74, 6) is -0.291. The Hall–Kier alpha value is -2.53. The van der Waals surface area contributed by atoms with Gasteiger partial charge in [-0.25, -0.2) is 4.39 Å². The van der Waals surface area contributed by atoms with Crippen LogP contribution in [0, 0.1) is 28.5 Å². The van der Waals surface area contributed by atoms with E-state index in [9.17, 15) is 4.39 Å². The van der Waals surface area contributed by atoms with Crippen LogP contribution in [0.4, 0.5) is 15.8 Å². The molecule has 1 aromatic rings. The fourth-order valence-electron chi connectivity index (χ4n) is 2.31. The molecule has 0 spiro atoms. The summed E-state index contributed by atoms with van der Waals surface area (Å²) in [7, 11) is 0. The maximum atomic E-state index is 14.1. The molecule has 1 N–H and O–H groups in total. The number of anilines is 2. The number of piperidine rings is 1. The van der Waals surface area contributed by atoms with Gasteiger partial charge in [0, 0.05) is 19.3 Å². The van der Waals surface area contributed by atoms with Crippen LogP contribution >= 0.6 is 0 Å². The van der Waals surface area contributed by atoms with Crippen molar-refractivity contribution in [3.63, 3.8) is 0 Å². The van der Waals surface area contributed by atoms with Crippen LogP contribution in [-0.2, 0) is 0 Å². The normalized spacial score (nSPS) is 14.1. The van der Waals surface area contributed by atoms with Gasteiger partial charge in [-0.05, 0) is 31.4 Å². The van der Waals surface area contributed by atoms with E-state index >= 15 is 0 Å². The van der Waals surface area contributed by atoms with Gasteiger partial charge in [-0.2, -0.15) is 10.5 Å². The number of hydrogen-bond acceptors (Lipinski definition) is 4. The highest BCUT2D eigenvalue weighted by molar-refractivity contribution is 5.72. The second-order valence-electron chi connectivity index (χ2n) is 4.61. The SMILES string of the molecule is N#CC(C#N)=CNc1cccc(F)c1N1CCCCC1. The number of allylic oxidation sites excluding steroid dienone is 1. The standard InChI is InChI=1S/C15H15FN4/c16-13-5-4-6-14(19-11-12(9-17)10-18)15(13)20-7-2-1-3-8-20/h4-6,11,19H,1-3,7-8H2. The summed E-state index contributed by atoms with van der Waals surface area (Å²) < 4.78 is 14.1. The van der Waals surface area contributed by atoms with E-state index in [-0.39, 0.29) is 11.4 Å². The molecule has 2 rings (SSSR count). The molecule has 0 saturated carbocycles. The third-order valence-electron chi connectivity index (χ3n) is 3.27. The predicted octanol–water partition coefficient (Wildman–Crippen LogP) is 3.16. The Labute approximate surface area is 117 Å². The van der Waals surface area contributed by atoms with Gasteiger partial charge < -0.3 is 10.2 Å². The Balaban J connectivity index is 2.29. The van der Waals surface area contributed by atoms with Gasteiger partial charge in [0.25, 0.3) is 0 Å². The first kappa shape index (κ1) is 13.9. The molecule has 5 heteroatoms. The molecule has 0 amide bonds. The number of nitrogens with one attached hydrogen (secondary N) is 1. The summed E-state index contributed by atoms with van der Waals surface area (Å²) in [5.41, 5.74) is 1.05. The predicted molar refractivity (Wildman–Crippen MR) is 75.4 cm³/mol. The minimum atomic E-state index is -0.291. The van der Waals surface area contributed by atoms with E-state index in [1.54, 1.807) is 24.3 Å². The lowest BCUT2D eigenvalue weighted by molar-refractivity contribution is 0.558. The summed E-state index contributed by atoms with van der Waals surface area (Å²) in [4.78, 5) is 2.01. The fourth-order valence-corrected chi connectivity index (χ4v) is 2.31. The number of nitriles is 2. The van der Waals surface area contributed by atoms with Crippen molar-refractivity contribution in [2.24, 2.45) is 0 Å². The Kier molecular flexibility index (Phi) is 4.57. The maximum absolute atomic E-state index is 14.1. The lowest BCUT2D eigenvalue weighted by Crippen LogP contribution is -2.30. The van der Waals surface area contributed by atoms with Crippen LogP contribution in [0.25, 0.3) is 0 Å². The first-order valence-electron chi connectivity index (χ1n) is 6.56. The number of rotatable bonds is 3. The van der Waals surface area contributed by atoms with Gasteiger partial charge in [0.05, 0.1) is 11.4 Å². The van der Waals surface area contributed by atoms with E-state index in [4.69, 9.17) is 10.5 Å². The van der Waals surface area contributed by atoms with E-state index in [0.717, 1.165) is 25.9 Å². The molecule has 1 aliphatic heterocycles. The van der Waals surface area contributed by atoms with E-state index in [1.807, 2.05) is 4.90 Å². The summed E-state index contributed by atoms with van der Waals surface area (Å²) in [6.07, 6.45) is 4.57. The van der Waals surface area contributed by atoms with E-state index in [0.29, 0.717) is 11.4 Å². The van der Waals surface area contributed by atoms with Crippen LogP contribution in [0.2, 0.25) is 0 Å². The Bertz CT molecular complexity index is 573. The molecule has 0 aromatic heterocycles. The Morgan fingerprint density at radius 2 is 1.90 bits per heavy atom. The van der Waals surface area contributed by atoms with Crippen molar-refractivity contribution in [3.8, 4) is 12.1 Å². The number of hydrogen-bond donors (Lipinski definition) is 1. The van der Waals surface area contributed by atoms with Crippen LogP contribution < -0.4 is 10.2 Å². The van der Waals surface area contributed by atoms with Gasteiger partial charge in [0.15, 0.2) is 0 Å². The summed E-state index contributed by atoms with van der Waals surface area (Å²) >= 11 is 0. The molecule has 4 nitrogen and oxygen atoms in total. The van der Waals surface area contributed by atoms with Crippen molar-refractivity contribution in [3.05, 3.63) is 35.8 Å². The molecule has 0 atom stereocenters. The molecule has 1 aromatic carbocycles. The van der Waals surface area contributed by atoms with E-state index in [1.165, 1.54) is 18.7 Å². The highest BCUT2D eigenvalue weighted by atomic mass is 19.1. The molecule has 20 heavy (non-hydrogen) atoms. The minimum Gasteiger partial charge on any atom is -0.367 e. The number of halogens is 1. The Morgan fingerprint density at radius 3 is 2.55 bits per heavy atom. The van der Waals surface area contributed by atoms with Crippen LogP contribution in [-0.4, -0.2) is 13.1 Å². The highest BCUT2D eigenvalue weighted by Crippen LogP contribution is 2.31. The van der Waals surface area contributed by atoms with Crippen LogP contribution in [0.1, 0.15) is 19.3 Å². The molecule has 0 aliphatic carbocycles. The molecule has 1 saturated heterocycles. The van der Waals surface area contributed by atoms with Gasteiger partial charge in [-0.15, -0.1) is 0 Å². The van der Waals surface area contributed by atoms with Crippen molar-refractivity contribution < 1.29 is 4.39 Å². The average Bonchev–Trinajstić information content (AvgIpc) is 2.49. The molecule has 102 valence electrons. The Morgan fingerprint density at radius 1 is 1.20 bits per heavy atom. The molecular formula is C15H15FN4. The summed E-state index contributed by atoms with van der Waals surface area (Å²) in [6.45, 7) is 1.64. The fraction of sp³-hybridized carbons (Fsp3) is 0.333. The molecular weight excluding hydrogens is 255 g/mol. The zero-order chi connectivity index (χ0) is 14.4. The van der Waals surface area contributed by atoms with Gasteiger partial charge in [-0.3, -0.25) is 0 Å². The first-order valence-corrected chi connectivity index (χ1v) is 6.56. The van der Waals surface area contributed by atoms with E-state index < -0.39 is 0 Å². The molecule has 0 bridgehead atoms. The van der Waals surface area contributed by atoms with Gasteiger partial charge >= 0.3 is 0 Å². The minimum absolute atomic E-state index is 0.0427. The van der Waals surface area contributed by atoms with Crippen molar-refractivity contribution in [1.29, 1.82) is 10.5 Å². The number of nitrogens with zero attached hydrogens (tertiary/aromatic N) is 3. The third-order valence-corrected chi connectivity index (χ3v) is 3.27. The number of para-hydroxylation sites is 1. The van der Waals surface area contributed by atoms with Gasteiger partial charge in [-0.1, -0.05) is 6.07 Å². The lowest BCUT2D eigenvalue weighted by Gasteiger charge is -2.30. The molecule has 0 unspecified atom stereocenters. The van der Waals surface area contributed by atoms with Crippen molar-refractivity contribution >= 4 is 11.4 Å².